The minimum absolute atomic E-state index is 0.137. The first-order valence-electron chi connectivity index (χ1n) is 6.62. The van der Waals surface area contributed by atoms with E-state index in [-0.39, 0.29) is 5.91 Å². The van der Waals surface area contributed by atoms with Crippen LogP contribution in [0, 0.1) is 5.92 Å². The van der Waals surface area contributed by atoms with Gasteiger partial charge in [-0.15, -0.1) is 0 Å². The Hall–Kier alpha value is -0.870. The summed E-state index contributed by atoms with van der Waals surface area (Å²) >= 11 is 3.41. The van der Waals surface area contributed by atoms with Crippen LogP contribution in [0.5, 0.6) is 0 Å². The number of amides is 1. The molecule has 1 aliphatic heterocycles. The third-order valence-corrected chi connectivity index (χ3v) is 3.76. The van der Waals surface area contributed by atoms with Crippen LogP contribution in [0.2, 0.25) is 0 Å². The average molecular weight is 324 g/mol. The van der Waals surface area contributed by atoms with Gasteiger partial charge >= 0.3 is 0 Å². The minimum atomic E-state index is 0.137. The number of piperazine rings is 1. The second-order valence-electron chi connectivity index (χ2n) is 5.29. The van der Waals surface area contributed by atoms with Crippen molar-refractivity contribution in [3.8, 4) is 0 Å². The number of carbonyl (C=O) groups excluding carboxylic acids is 1. The van der Waals surface area contributed by atoms with Crippen molar-refractivity contribution in [2.75, 3.05) is 32.7 Å². The zero-order valence-electron chi connectivity index (χ0n) is 11.5. The Morgan fingerprint density at radius 3 is 2.47 bits per heavy atom. The van der Waals surface area contributed by atoms with Gasteiger partial charge in [-0.3, -0.25) is 9.69 Å². The minimum Gasteiger partial charge on any atom is -0.336 e. The van der Waals surface area contributed by atoms with Crippen LogP contribution in [-0.2, 0) is 0 Å². The smallest absolute Gasteiger partial charge is 0.253 e. The van der Waals surface area contributed by atoms with E-state index in [1.807, 2.05) is 29.2 Å². The number of benzene rings is 1. The van der Waals surface area contributed by atoms with E-state index in [1.165, 1.54) is 5.92 Å². The number of nitrogens with zero attached hydrogens (tertiary/aromatic N) is 2. The van der Waals surface area contributed by atoms with E-state index in [2.05, 4.69) is 34.7 Å². The molecule has 0 saturated carbocycles. The maximum atomic E-state index is 12.4. The molecule has 0 atom stereocenters. The highest BCUT2D eigenvalue weighted by Gasteiger charge is 2.22. The Morgan fingerprint density at radius 2 is 1.89 bits per heavy atom. The summed E-state index contributed by atoms with van der Waals surface area (Å²) in [4.78, 5) is 16.7. The van der Waals surface area contributed by atoms with E-state index < -0.39 is 0 Å². The molecule has 1 aromatic rings. The molecule has 19 heavy (non-hydrogen) atoms. The van der Waals surface area contributed by atoms with Crippen molar-refractivity contribution in [3.05, 3.63) is 40.2 Å². The van der Waals surface area contributed by atoms with E-state index in [1.54, 1.807) is 0 Å². The standard InChI is InChI=1S/C15H20BrN2O/c1-12(2)11-17-6-8-18(9-7-17)15(19)13-4-3-5-14(16)10-13/h3-5,10H,6-9,11H2,1-2H3. The van der Waals surface area contributed by atoms with Gasteiger partial charge in [0.25, 0.3) is 5.91 Å². The van der Waals surface area contributed by atoms with Gasteiger partial charge in [0.1, 0.15) is 0 Å². The molecule has 103 valence electrons. The second-order valence-corrected chi connectivity index (χ2v) is 6.20. The Labute approximate surface area is 123 Å². The number of halogens is 1. The molecule has 1 heterocycles. The number of rotatable bonds is 3. The van der Waals surface area contributed by atoms with Gasteiger partial charge in [-0.2, -0.15) is 0 Å². The lowest BCUT2D eigenvalue weighted by Gasteiger charge is -2.35. The first kappa shape index (κ1) is 14.5. The molecule has 0 aliphatic carbocycles. The van der Waals surface area contributed by atoms with Crippen LogP contribution in [0.4, 0.5) is 0 Å². The van der Waals surface area contributed by atoms with Crippen molar-refractivity contribution in [1.82, 2.24) is 9.80 Å². The monoisotopic (exact) mass is 323 g/mol. The van der Waals surface area contributed by atoms with Crippen LogP contribution in [0.25, 0.3) is 0 Å². The molecule has 0 aromatic heterocycles. The SMILES string of the molecule is C[C](C)CN1CCN(C(=O)c2cccc(Br)c2)CC1. The van der Waals surface area contributed by atoms with Gasteiger partial charge in [-0.05, 0) is 24.1 Å². The molecular formula is C15H20BrN2O. The fourth-order valence-electron chi connectivity index (χ4n) is 2.36. The van der Waals surface area contributed by atoms with Crippen molar-refractivity contribution < 1.29 is 4.79 Å². The first-order valence-corrected chi connectivity index (χ1v) is 7.42. The topological polar surface area (TPSA) is 23.6 Å². The normalized spacial score (nSPS) is 16.9. The fraction of sp³-hybridized carbons (Fsp3) is 0.467. The summed E-state index contributed by atoms with van der Waals surface area (Å²) in [5.41, 5.74) is 0.765. The van der Waals surface area contributed by atoms with Crippen LogP contribution in [0.15, 0.2) is 28.7 Å². The number of hydrogen-bond acceptors (Lipinski definition) is 2. The molecule has 1 fully saturated rings. The second kappa shape index (κ2) is 6.53. The molecule has 0 N–H and O–H groups in total. The zero-order valence-corrected chi connectivity index (χ0v) is 13.1. The third-order valence-electron chi connectivity index (χ3n) is 3.27. The first-order chi connectivity index (χ1) is 9.06. The number of hydrogen-bond donors (Lipinski definition) is 0. The highest BCUT2D eigenvalue weighted by atomic mass is 79.9. The van der Waals surface area contributed by atoms with E-state index in [9.17, 15) is 4.79 Å². The molecule has 1 amide bonds. The number of carbonyl (C=O) groups is 1. The van der Waals surface area contributed by atoms with Gasteiger partial charge in [-0.1, -0.05) is 35.8 Å². The summed E-state index contributed by atoms with van der Waals surface area (Å²) in [6, 6.07) is 7.61. The lowest BCUT2D eigenvalue weighted by molar-refractivity contribution is 0.0643. The lowest BCUT2D eigenvalue weighted by Crippen LogP contribution is -2.49. The van der Waals surface area contributed by atoms with Gasteiger partial charge in [0.05, 0.1) is 0 Å². The molecule has 1 radical (unpaired) electrons. The highest BCUT2D eigenvalue weighted by Crippen LogP contribution is 2.15. The predicted molar refractivity (Wildman–Crippen MR) is 81.1 cm³/mol. The molecule has 1 saturated heterocycles. The molecular weight excluding hydrogens is 304 g/mol. The van der Waals surface area contributed by atoms with Gasteiger partial charge in [0.15, 0.2) is 0 Å². The molecule has 4 heteroatoms. The summed E-state index contributed by atoms with van der Waals surface area (Å²) in [6.07, 6.45) is 0. The van der Waals surface area contributed by atoms with Crippen molar-refractivity contribution in [2.45, 2.75) is 13.8 Å². The molecule has 1 aromatic carbocycles. The van der Waals surface area contributed by atoms with Gasteiger partial charge in [-0.25, -0.2) is 0 Å². The summed E-state index contributed by atoms with van der Waals surface area (Å²) in [7, 11) is 0. The van der Waals surface area contributed by atoms with Crippen molar-refractivity contribution >= 4 is 21.8 Å². The van der Waals surface area contributed by atoms with Crippen molar-refractivity contribution in [3.63, 3.8) is 0 Å². The molecule has 2 rings (SSSR count). The maximum absolute atomic E-state index is 12.4. The van der Waals surface area contributed by atoms with Crippen molar-refractivity contribution in [1.29, 1.82) is 0 Å². The quantitative estimate of drug-likeness (QED) is 0.854. The zero-order chi connectivity index (χ0) is 13.8. The van der Waals surface area contributed by atoms with Gasteiger partial charge in [0.2, 0.25) is 0 Å². The third kappa shape index (κ3) is 4.05. The van der Waals surface area contributed by atoms with Crippen LogP contribution in [-0.4, -0.2) is 48.4 Å². The van der Waals surface area contributed by atoms with Crippen molar-refractivity contribution in [2.24, 2.45) is 0 Å². The van der Waals surface area contributed by atoms with Crippen LogP contribution in [0.1, 0.15) is 24.2 Å². The van der Waals surface area contributed by atoms with E-state index >= 15 is 0 Å². The van der Waals surface area contributed by atoms with E-state index in [0.717, 1.165) is 42.8 Å². The summed E-state index contributed by atoms with van der Waals surface area (Å²) in [5.74, 6) is 1.56. The largest absolute Gasteiger partial charge is 0.336 e. The van der Waals surface area contributed by atoms with E-state index in [0.29, 0.717) is 0 Å². The molecule has 1 aliphatic rings. The molecule has 3 nitrogen and oxygen atoms in total. The Balaban J connectivity index is 1.92. The average Bonchev–Trinajstić information content (AvgIpc) is 2.38. The van der Waals surface area contributed by atoms with Crippen LogP contribution >= 0.6 is 15.9 Å². The Kier molecular flexibility index (Phi) is 4.99. The Bertz CT molecular complexity index is 440. The van der Waals surface area contributed by atoms with Gasteiger partial charge in [0, 0.05) is 42.8 Å². The maximum Gasteiger partial charge on any atom is 0.253 e. The summed E-state index contributed by atoms with van der Waals surface area (Å²) < 4.78 is 0.952. The molecule has 0 unspecified atom stereocenters. The summed E-state index contributed by atoms with van der Waals surface area (Å²) in [6.45, 7) is 8.91. The van der Waals surface area contributed by atoms with Gasteiger partial charge < -0.3 is 4.90 Å². The molecule has 0 bridgehead atoms. The fourth-order valence-corrected chi connectivity index (χ4v) is 2.76. The summed E-state index contributed by atoms with van der Waals surface area (Å²) in [5, 5.41) is 0. The highest BCUT2D eigenvalue weighted by molar-refractivity contribution is 9.10. The van der Waals surface area contributed by atoms with E-state index in [4.69, 9.17) is 0 Å². The predicted octanol–water partition coefficient (Wildman–Crippen LogP) is 2.82. The Morgan fingerprint density at radius 1 is 1.21 bits per heavy atom. The van der Waals surface area contributed by atoms with Crippen LogP contribution in [0.3, 0.4) is 0 Å². The lowest BCUT2D eigenvalue weighted by atomic mass is 10.1. The molecule has 0 spiro atoms. The van der Waals surface area contributed by atoms with Crippen LogP contribution < -0.4 is 0 Å².